The lowest BCUT2D eigenvalue weighted by Crippen LogP contribution is -2.55. The van der Waals surface area contributed by atoms with Crippen molar-refractivity contribution in [2.24, 2.45) is 17.3 Å². The summed E-state index contributed by atoms with van der Waals surface area (Å²) in [6.45, 7) is 10.6. The molecule has 5 aliphatic heterocycles. The van der Waals surface area contributed by atoms with E-state index in [-0.39, 0.29) is 34.1 Å². The number of nitrogens with zero attached hydrogens (tertiary/aromatic N) is 5. The second-order valence-electron chi connectivity index (χ2n) is 20.9. The van der Waals surface area contributed by atoms with Crippen molar-refractivity contribution in [2.75, 3.05) is 74.3 Å². The Bertz CT molecular complexity index is 2870. The number of H-pyrrole nitrogens is 1. The number of carbonyl (C=O) groups is 1. The Morgan fingerprint density at radius 3 is 2.54 bits per heavy atom. The number of hydrogen-bond acceptors (Lipinski definition) is 13. The van der Waals surface area contributed by atoms with Crippen molar-refractivity contribution in [1.82, 2.24) is 19.6 Å². The molecule has 370 valence electrons. The van der Waals surface area contributed by atoms with Crippen LogP contribution in [-0.2, 0) is 19.5 Å². The predicted molar refractivity (Wildman–Crippen MR) is 269 cm³/mol. The number of hydrogen-bond donors (Lipinski definition) is 3. The number of ether oxygens (including phenoxy) is 3. The summed E-state index contributed by atoms with van der Waals surface area (Å²) in [6.07, 6.45) is 10.9. The zero-order chi connectivity index (χ0) is 48.1. The topological polar surface area (TPSA) is 184 Å². The second-order valence-corrected chi connectivity index (χ2v) is 22.5. The van der Waals surface area contributed by atoms with Crippen molar-refractivity contribution in [2.45, 2.75) is 101 Å². The summed E-state index contributed by atoms with van der Waals surface area (Å²) in [4.78, 5) is 41.4. The number of carbonyl (C=O) groups excluding carboxylic acids is 1. The number of benzene rings is 3. The van der Waals surface area contributed by atoms with Gasteiger partial charge >= 0.3 is 0 Å². The summed E-state index contributed by atoms with van der Waals surface area (Å²) >= 11 is 0. The van der Waals surface area contributed by atoms with E-state index >= 15 is 0 Å². The second kappa shape index (κ2) is 19.1. The van der Waals surface area contributed by atoms with Gasteiger partial charge in [0.05, 0.1) is 27.7 Å². The molecule has 1 spiro atoms. The van der Waals surface area contributed by atoms with Gasteiger partial charge in [-0.1, -0.05) is 38.1 Å². The number of anilines is 4. The standard InChI is InChI=1S/C53H64N8O8S/c1-34(2)41-6-3-4-7-42(41)45-8-5-20-59(45)39-29-53(30-39)17-21-58(22-18-53)38-9-11-43(46(27-38)60-32-37-16-25-68-33-49(37)69-52-48(60)26-36-13-19-54-50(36)56-52)51(62)57-70(65,66)40-10-12-44(47(28-40)61(63)64)55-31-35-14-23-67-24-15-35/h3-4,6-7,9-13,19,26-28,34-35,37,39,45,49,55H,5,8,14-18,20-25,29-33H2,1-2H3,(H,54,56)(H,57,62)/t37-,45-,49-/m0/s1. The summed E-state index contributed by atoms with van der Waals surface area (Å²) in [5.41, 5.74) is 5.99. The van der Waals surface area contributed by atoms with Gasteiger partial charge in [-0.15, -0.1) is 0 Å². The van der Waals surface area contributed by atoms with Crippen LogP contribution in [0, 0.1) is 27.4 Å². The van der Waals surface area contributed by atoms with Gasteiger partial charge in [0.25, 0.3) is 21.6 Å². The average Bonchev–Trinajstić information content (AvgIpc) is 4.01. The molecule has 3 atom stereocenters. The van der Waals surface area contributed by atoms with Crippen molar-refractivity contribution < 1.29 is 32.3 Å². The third-order valence-electron chi connectivity index (χ3n) is 16.3. The third-order valence-corrected chi connectivity index (χ3v) is 17.6. The van der Waals surface area contributed by atoms with Crippen LogP contribution < -0.4 is 24.6 Å². The van der Waals surface area contributed by atoms with E-state index in [9.17, 15) is 23.3 Å². The van der Waals surface area contributed by atoms with Gasteiger partial charge in [-0.3, -0.25) is 19.8 Å². The molecule has 0 bridgehead atoms. The monoisotopic (exact) mass is 972 g/mol. The predicted octanol–water partition coefficient (Wildman–Crippen LogP) is 9.07. The fraction of sp³-hybridized carbons (Fsp3) is 0.509. The number of amides is 1. The highest BCUT2D eigenvalue weighted by molar-refractivity contribution is 7.90. The lowest BCUT2D eigenvalue weighted by Gasteiger charge is -2.56. The Kier molecular flexibility index (Phi) is 12.7. The maximum absolute atomic E-state index is 14.7. The number of piperidine rings is 1. The van der Waals surface area contributed by atoms with Crippen LogP contribution in [0.2, 0.25) is 0 Å². The molecular formula is C53H64N8O8S. The molecule has 4 saturated heterocycles. The lowest BCUT2D eigenvalue weighted by atomic mass is 9.59. The number of aromatic amines is 1. The first kappa shape index (κ1) is 46.6. The normalized spacial score (nSPS) is 23.1. The minimum absolute atomic E-state index is 0.0131. The van der Waals surface area contributed by atoms with Gasteiger partial charge in [0.15, 0.2) is 0 Å². The van der Waals surface area contributed by atoms with E-state index in [1.165, 1.54) is 48.9 Å². The molecule has 2 aromatic heterocycles. The van der Waals surface area contributed by atoms with Crippen molar-refractivity contribution in [1.29, 1.82) is 0 Å². The number of pyridine rings is 1. The summed E-state index contributed by atoms with van der Waals surface area (Å²) in [6, 6.07) is 23.4. The molecule has 0 radical (unpaired) electrons. The Labute approximate surface area is 409 Å². The summed E-state index contributed by atoms with van der Waals surface area (Å²) in [7, 11) is -4.59. The van der Waals surface area contributed by atoms with Crippen molar-refractivity contribution in [3.05, 3.63) is 106 Å². The molecule has 0 unspecified atom stereocenters. The average molecular weight is 973 g/mol. The van der Waals surface area contributed by atoms with Crippen LogP contribution in [0.4, 0.5) is 28.4 Å². The molecular weight excluding hydrogens is 909 g/mol. The molecule has 70 heavy (non-hydrogen) atoms. The van der Waals surface area contributed by atoms with Crippen molar-refractivity contribution in [3.8, 4) is 5.88 Å². The van der Waals surface area contributed by atoms with E-state index in [0.29, 0.717) is 85.8 Å². The number of nitro benzene ring substituents is 1. The van der Waals surface area contributed by atoms with Gasteiger partial charge < -0.3 is 34.3 Å². The Balaban J connectivity index is 0.873. The minimum Gasteiger partial charge on any atom is -0.470 e. The molecule has 1 saturated carbocycles. The molecule has 5 aromatic rings. The van der Waals surface area contributed by atoms with Crippen LogP contribution in [0.1, 0.15) is 105 Å². The number of nitro groups is 1. The Morgan fingerprint density at radius 2 is 1.74 bits per heavy atom. The molecule has 3 N–H and O–H groups in total. The molecule has 7 heterocycles. The number of fused-ring (bicyclic) bond motifs is 3. The number of sulfonamides is 1. The molecule has 1 amide bonds. The van der Waals surface area contributed by atoms with Gasteiger partial charge in [-0.05, 0) is 135 Å². The molecule has 6 aliphatic rings. The van der Waals surface area contributed by atoms with Gasteiger partial charge in [0, 0.05) is 87.3 Å². The Hall–Kier alpha value is -5.75. The van der Waals surface area contributed by atoms with E-state index in [2.05, 4.69) is 67.8 Å². The summed E-state index contributed by atoms with van der Waals surface area (Å²) in [5.74, 6) is 0.314. The largest absolute Gasteiger partial charge is 0.470 e. The number of likely N-dealkylation sites (tertiary alicyclic amines) is 1. The zero-order valence-electron chi connectivity index (χ0n) is 40.1. The summed E-state index contributed by atoms with van der Waals surface area (Å²) < 4.78 is 48.5. The number of nitrogens with one attached hydrogen (secondary N) is 3. The molecule has 5 fully saturated rings. The lowest BCUT2D eigenvalue weighted by molar-refractivity contribution is -0.384. The highest BCUT2D eigenvalue weighted by atomic mass is 32.2. The fourth-order valence-corrected chi connectivity index (χ4v) is 13.3. The highest BCUT2D eigenvalue weighted by Crippen LogP contribution is 2.54. The molecule has 3 aromatic carbocycles. The van der Waals surface area contributed by atoms with Crippen LogP contribution in [-0.4, -0.2) is 105 Å². The van der Waals surface area contributed by atoms with Crippen molar-refractivity contribution in [3.63, 3.8) is 0 Å². The van der Waals surface area contributed by atoms with Gasteiger partial charge in [0.1, 0.15) is 23.1 Å². The van der Waals surface area contributed by atoms with E-state index in [0.717, 1.165) is 68.9 Å². The molecule has 17 heteroatoms. The number of rotatable bonds is 12. The maximum atomic E-state index is 14.7. The van der Waals surface area contributed by atoms with E-state index in [4.69, 9.17) is 19.2 Å². The van der Waals surface area contributed by atoms with Crippen LogP contribution in [0.3, 0.4) is 0 Å². The zero-order valence-corrected chi connectivity index (χ0v) is 40.9. The number of aromatic nitrogens is 2. The van der Waals surface area contributed by atoms with Crippen LogP contribution in [0.25, 0.3) is 11.0 Å². The highest BCUT2D eigenvalue weighted by Gasteiger charge is 2.50. The quantitative estimate of drug-likeness (QED) is 0.0796. The van der Waals surface area contributed by atoms with Crippen LogP contribution in [0.5, 0.6) is 5.88 Å². The van der Waals surface area contributed by atoms with Gasteiger partial charge in [0.2, 0.25) is 5.88 Å². The maximum Gasteiger partial charge on any atom is 0.293 e. The SMILES string of the molecule is CC(C)c1ccccc1[C@@H]1CCCN1C1CC2(CCN(c3ccc(C(=O)NS(=O)(=O)c4ccc(NCC5CCOCC5)c([N+](=O)[O-])c4)c(N4C[C@@H]5CCOC[C@@H]5Oc5nc6[nH]ccc6cc54)c3)CC2)C1. The van der Waals surface area contributed by atoms with Crippen molar-refractivity contribution >= 4 is 55.4 Å². The van der Waals surface area contributed by atoms with Crippen LogP contribution in [0.15, 0.2) is 83.9 Å². The molecule has 11 rings (SSSR count). The first-order chi connectivity index (χ1) is 33.9. The third kappa shape index (κ3) is 9.09. The van der Waals surface area contributed by atoms with Crippen LogP contribution >= 0.6 is 0 Å². The van der Waals surface area contributed by atoms with Gasteiger partial charge in [-0.2, -0.15) is 4.98 Å². The molecule has 1 aliphatic carbocycles. The minimum atomic E-state index is -4.59. The summed E-state index contributed by atoms with van der Waals surface area (Å²) in [5, 5.41) is 16.3. The van der Waals surface area contributed by atoms with E-state index in [1.54, 1.807) is 6.07 Å². The molecule has 16 nitrogen and oxygen atoms in total. The fourth-order valence-electron chi connectivity index (χ4n) is 12.3. The Morgan fingerprint density at radius 1 is 0.943 bits per heavy atom. The van der Waals surface area contributed by atoms with E-state index < -0.39 is 26.5 Å². The van der Waals surface area contributed by atoms with E-state index in [1.807, 2.05) is 30.5 Å². The smallest absolute Gasteiger partial charge is 0.293 e. The first-order valence-corrected chi connectivity index (χ1v) is 26.8. The van der Waals surface area contributed by atoms with Gasteiger partial charge in [-0.25, -0.2) is 13.1 Å². The first-order valence-electron chi connectivity index (χ1n) is 25.3.